The highest BCUT2D eigenvalue weighted by molar-refractivity contribution is 5.97. The summed E-state index contributed by atoms with van der Waals surface area (Å²) in [4.78, 5) is 4.77. The zero-order chi connectivity index (χ0) is 10.8. The van der Waals surface area contributed by atoms with Gasteiger partial charge in [-0.15, -0.1) is 0 Å². The monoisotopic (exact) mass is 215 g/mol. The van der Waals surface area contributed by atoms with Crippen molar-refractivity contribution in [1.29, 1.82) is 0 Å². The third kappa shape index (κ3) is 1.84. The van der Waals surface area contributed by atoms with Crippen molar-refractivity contribution < 1.29 is 4.74 Å². The molecule has 1 aromatic rings. The van der Waals surface area contributed by atoms with Crippen LogP contribution in [-0.2, 0) is 11.3 Å². The third-order valence-electron chi connectivity index (χ3n) is 3.49. The van der Waals surface area contributed by atoms with E-state index in [1.165, 1.54) is 43.2 Å². The Morgan fingerprint density at radius 3 is 2.75 bits per heavy atom. The van der Waals surface area contributed by atoms with Crippen LogP contribution in [0.4, 0.5) is 0 Å². The van der Waals surface area contributed by atoms with Gasteiger partial charge in [0.25, 0.3) is 0 Å². The lowest BCUT2D eigenvalue weighted by atomic mass is 9.96. The topological polar surface area (TPSA) is 21.6 Å². The Kier molecular flexibility index (Phi) is 2.65. The molecular formula is C14H17NO. The number of rotatable bonds is 1. The second-order valence-corrected chi connectivity index (χ2v) is 4.67. The van der Waals surface area contributed by atoms with E-state index < -0.39 is 0 Å². The highest BCUT2D eigenvalue weighted by Crippen LogP contribution is 2.24. The Morgan fingerprint density at radius 2 is 1.88 bits per heavy atom. The number of hydrogen-bond donors (Lipinski definition) is 0. The lowest BCUT2D eigenvalue weighted by Gasteiger charge is -2.17. The van der Waals surface area contributed by atoms with Crippen molar-refractivity contribution in [2.45, 2.75) is 44.8 Å². The number of hydrogen-bond acceptors (Lipinski definition) is 2. The zero-order valence-electron chi connectivity index (χ0n) is 9.48. The van der Waals surface area contributed by atoms with Gasteiger partial charge in [-0.2, -0.15) is 0 Å². The van der Waals surface area contributed by atoms with Gasteiger partial charge in [0, 0.05) is 11.1 Å². The van der Waals surface area contributed by atoms with Gasteiger partial charge in [0.1, 0.15) is 6.61 Å². The van der Waals surface area contributed by atoms with Crippen LogP contribution >= 0.6 is 0 Å². The summed E-state index contributed by atoms with van der Waals surface area (Å²) in [6, 6.07) is 8.85. The first-order valence-electron chi connectivity index (χ1n) is 6.22. The Balaban J connectivity index is 1.83. The fourth-order valence-corrected chi connectivity index (χ4v) is 2.56. The SMILES string of the molecule is c1ccc2c(c1)COC2=NC1CCCCC1. The van der Waals surface area contributed by atoms with E-state index in [0.29, 0.717) is 12.6 Å². The average molecular weight is 215 g/mol. The maximum Gasteiger partial charge on any atom is 0.217 e. The number of nitrogens with zero attached hydrogens (tertiary/aromatic N) is 1. The first-order chi connectivity index (χ1) is 7.93. The molecule has 1 aliphatic carbocycles. The van der Waals surface area contributed by atoms with Crippen molar-refractivity contribution >= 4 is 5.90 Å². The molecule has 1 fully saturated rings. The predicted molar refractivity (Wildman–Crippen MR) is 64.6 cm³/mol. The normalized spacial score (nSPS) is 23.1. The molecule has 0 aromatic heterocycles. The molecule has 3 rings (SSSR count). The highest BCUT2D eigenvalue weighted by Gasteiger charge is 2.21. The maximum atomic E-state index is 5.68. The molecular weight excluding hydrogens is 198 g/mol. The van der Waals surface area contributed by atoms with Gasteiger partial charge in [0.15, 0.2) is 0 Å². The number of aliphatic imine (C=N–C) groups is 1. The summed E-state index contributed by atoms with van der Waals surface area (Å²) >= 11 is 0. The van der Waals surface area contributed by atoms with Crippen LogP contribution in [-0.4, -0.2) is 11.9 Å². The van der Waals surface area contributed by atoms with E-state index in [-0.39, 0.29) is 0 Å². The van der Waals surface area contributed by atoms with Gasteiger partial charge in [-0.1, -0.05) is 37.5 Å². The van der Waals surface area contributed by atoms with Crippen molar-refractivity contribution in [3.05, 3.63) is 35.4 Å². The minimum atomic E-state index is 0.495. The van der Waals surface area contributed by atoms with Crippen molar-refractivity contribution in [3.8, 4) is 0 Å². The van der Waals surface area contributed by atoms with E-state index in [1.54, 1.807) is 0 Å². The molecule has 1 aliphatic heterocycles. The summed E-state index contributed by atoms with van der Waals surface area (Å²) < 4.78 is 5.68. The molecule has 16 heavy (non-hydrogen) atoms. The molecule has 0 radical (unpaired) electrons. The molecule has 0 N–H and O–H groups in total. The molecule has 1 heterocycles. The molecule has 2 heteroatoms. The summed E-state index contributed by atoms with van der Waals surface area (Å²) in [5.41, 5.74) is 2.48. The van der Waals surface area contributed by atoms with Gasteiger partial charge in [0.05, 0.1) is 6.04 Å². The Hall–Kier alpha value is -1.31. The van der Waals surface area contributed by atoms with Gasteiger partial charge in [-0.25, -0.2) is 4.99 Å². The van der Waals surface area contributed by atoms with Crippen LogP contribution in [0.1, 0.15) is 43.2 Å². The molecule has 0 amide bonds. The Bertz CT molecular complexity index is 405. The summed E-state index contributed by atoms with van der Waals surface area (Å²) in [7, 11) is 0. The standard InChI is InChI=1S/C14H17NO/c1-2-7-12(8-3-1)15-14-13-9-5-4-6-11(13)10-16-14/h4-6,9,12H,1-3,7-8,10H2. The van der Waals surface area contributed by atoms with Crippen LogP contribution in [0, 0.1) is 0 Å². The fourth-order valence-electron chi connectivity index (χ4n) is 2.56. The third-order valence-corrected chi connectivity index (χ3v) is 3.49. The van der Waals surface area contributed by atoms with Crippen LogP contribution in [0.5, 0.6) is 0 Å². The average Bonchev–Trinajstić information content (AvgIpc) is 2.74. The summed E-state index contributed by atoms with van der Waals surface area (Å²) in [5.74, 6) is 0.877. The maximum absolute atomic E-state index is 5.68. The molecule has 2 aliphatic rings. The first-order valence-corrected chi connectivity index (χ1v) is 6.22. The minimum absolute atomic E-state index is 0.495. The van der Waals surface area contributed by atoms with Crippen LogP contribution in [0.25, 0.3) is 0 Å². The van der Waals surface area contributed by atoms with Crippen molar-refractivity contribution in [3.63, 3.8) is 0 Å². The van der Waals surface area contributed by atoms with E-state index >= 15 is 0 Å². The van der Waals surface area contributed by atoms with Gasteiger partial charge in [0.2, 0.25) is 5.90 Å². The van der Waals surface area contributed by atoms with Crippen LogP contribution in [0.2, 0.25) is 0 Å². The van der Waals surface area contributed by atoms with Crippen LogP contribution in [0.15, 0.2) is 29.3 Å². The van der Waals surface area contributed by atoms with Crippen LogP contribution in [0.3, 0.4) is 0 Å². The molecule has 0 bridgehead atoms. The molecule has 0 unspecified atom stereocenters. The predicted octanol–water partition coefficient (Wildman–Crippen LogP) is 3.30. The fraction of sp³-hybridized carbons (Fsp3) is 0.500. The second kappa shape index (κ2) is 4.28. The lowest BCUT2D eigenvalue weighted by molar-refractivity contribution is 0.306. The van der Waals surface area contributed by atoms with E-state index in [1.807, 2.05) is 0 Å². The van der Waals surface area contributed by atoms with Gasteiger partial charge in [-0.05, 0) is 18.9 Å². The molecule has 84 valence electrons. The second-order valence-electron chi connectivity index (χ2n) is 4.67. The molecule has 2 nitrogen and oxygen atoms in total. The molecule has 1 saturated carbocycles. The Morgan fingerprint density at radius 1 is 1.06 bits per heavy atom. The molecule has 0 saturated heterocycles. The molecule has 1 aromatic carbocycles. The van der Waals surface area contributed by atoms with E-state index in [0.717, 1.165) is 5.90 Å². The molecule has 0 spiro atoms. The Labute approximate surface area is 96.3 Å². The number of ether oxygens (including phenoxy) is 1. The van der Waals surface area contributed by atoms with Crippen molar-refractivity contribution in [2.75, 3.05) is 0 Å². The quantitative estimate of drug-likeness (QED) is 0.704. The summed E-state index contributed by atoms with van der Waals surface area (Å²) in [6.45, 7) is 0.696. The van der Waals surface area contributed by atoms with E-state index in [4.69, 9.17) is 9.73 Å². The van der Waals surface area contributed by atoms with Crippen molar-refractivity contribution in [1.82, 2.24) is 0 Å². The van der Waals surface area contributed by atoms with Crippen LogP contribution < -0.4 is 0 Å². The summed E-state index contributed by atoms with van der Waals surface area (Å²) in [6.07, 6.45) is 6.48. The highest BCUT2D eigenvalue weighted by atomic mass is 16.5. The minimum Gasteiger partial charge on any atom is -0.473 e. The zero-order valence-corrected chi connectivity index (χ0v) is 9.48. The van der Waals surface area contributed by atoms with Crippen molar-refractivity contribution in [2.24, 2.45) is 4.99 Å². The largest absolute Gasteiger partial charge is 0.473 e. The number of fused-ring (bicyclic) bond motifs is 1. The van der Waals surface area contributed by atoms with E-state index in [9.17, 15) is 0 Å². The summed E-state index contributed by atoms with van der Waals surface area (Å²) in [5, 5.41) is 0. The lowest BCUT2D eigenvalue weighted by Crippen LogP contribution is -2.13. The smallest absolute Gasteiger partial charge is 0.217 e. The van der Waals surface area contributed by atoms with Gasteiger partial charge >= 0.3 is 0 Å². The van der Waals surface area contributed by atoms with Gasteiger partial charge in [-0.3, -0.25) is 0 Å². The first kappa shape index (κ1) is 9.88. The molecule has 0 atom stereocenters. The van der Waals surface area contributed by atoms with E-state index in [2.05, 4.69) is 24.3 Å². The number of benzene rings is 1. The van der Waals surface area contributed by atoms with Gasteiger partial charge < -0.3 is 4.74 Å².